The first-order chi connectivity index (χ1) is 16.3. The molecule has 1 N–H and O–H groups in total. The van der Waals surface area contributed by atoms with E-state index in [4.69, 9.17) is 9.72 Å². The first-order valence-electron chi connectivity index (χ1n) is 11.5. The Morgan fingerprint density at radius 1 is 1.18 bits per heavy atom. The smallest absolute Gasteiger partial charge is 0.240 e. The van der Waals surface area contributed by atoms with Gasteiger partial charge in [0.05, 0.1) is 12.8 Å². The van der Waals surface area contributed by atoms with Gasteiger partial charge in [-0.15, -0.1) is 0 Å². The first-order valence-corrected chi connectivity index (χ1v) is 11.5. The van der Waals surface area contributed by atoms with Crippen LogP contribution in [0.1, 0.15) is 19.4 Å². The number of nitrogens with zero attached hydrogens (tertiary/aromatic N) is 3. The van der Waals surface area contributed by atoms with E-state index in [9.17, 15) is 13.6 Å². The molecular weight excluding hydrogens is 438 g/mol. The minimum Gasteiger partial charge on any atom is -0.494 e. The molecule has 0 bridgehead atoms. The molecule has 1 aliphatic rings. The van der Waals surface area contributed by atoms with Gasteiger partial charge in [-0.25, -0.2) is 13.8 Å². The number of carbonyl (C=O) groups is 1. The number of alkyl halides is 1. The van der Waals surface area contributed by atoms with Crippen molar-refractivity contribution in [2.24, 2.45) is 0 Å². The topological polar surface area (TPSA) is 59.4 Å². The Morgan fingerprint density at radius 2 is 1.88 bits per heavy atom. The van der Waals surface area contributed by atoms with Gasteiger partial charge in [0.1, 0.15) is 18.5 Å². The number of nitrogens with one attached hydrogen (secondary N) is 1. The number of imidazole rings is 1. The van der Waals surface area contributed by atoms with E-state index in [-0.39, 0.29) is 24.2 Å². The largest absolute Gasteiger partial charge is 0.494 e. The van der Waals surface area contributed by atoms with Crippen LogP contribution in [0.2, 0.25) is 0 Å². The Kier molecular flexibility index (Phi) is 7.26. The standard InChI is InChI=1S/C26H30F2N4O2/c1-17(2)29-25(33)16-32-15-23(30-26(32)20-8-9-22(28)24(12-20)34-3)19-6-4-18(5-7-19)10-11-31-13-21(27)14-31/h4-9,12,15,17,21H,10-11,13-14,16H2,1-3H3,(H,29,33). The molecule has 180 valence electrons. The second kappa shape index (κ2) is 10.3. The van der Waals surface area contributed by atoms with Gasteiger partial charge in [0, 0.05) is 43.0 Å². The predicted molar refractivity (Wildman–Crippen MR) is 128 cm³/mol. The van der Waals surface area contributed by atoms with Crippen LogP contribution in [0.4, 0.5) is 8.78 Å². The summed E-state index contributed by atoms with van der Waals surface area (Å²) in [7, 11) is 1.41. The van der Waals surface area contributed by atoms with Crippen LogP contribution in [0.15, 0.2) is 48.7 Å². The number of aromatic nitrogens is 2. The van der Waals surface area contributed by atoms with Crippen molar-refractivity contribution < 1.29 is 18.3 Å². The van der Waals surface area contributed by atoms with E-state index in [0.717, 1.165) is 18.5 Å². The van der Waals surface area contributed by atoms with Crippen molar-refractivity contribution in [3.63, 3.8) is 0 Å². The Morgan fingerprint density at radius 3 is 2.53 bits per heavy atom. The summed E-state index contributed by atoms with van der Waals surface area (Å²) in [6, 6.07) is 12.7. The summed E-state index contributed by atoms with van der Waals surface area (Å²) in [5, 5.41) is 2.89. The number of carbonyl (C=O) groups excluding carboxylic acids is 1. The third kappa shape index (κ3) is 5.62. The Hall–Kier alpha value is -3.26. The lowest BCUT2D eigenvalue weighted by Gasteiger charge is -2.34. The average Bonchev–Trinajstić information content (AvgIpc) is 3.19. The van der Waals surface area contributed by atoms with Crippen LogP contribution in [-0.2, 0) is 17.8 Å². The Balaban J connectivity index is 1.58. The fourth-order valence-corrected chi connectivity index (χ4v) is 4.05. The molecule has 3 aromatic rings. The molecule has 1 saturated heterocycles. The van der Waals surface area contributed by atoms with Crippen LogP contribution in [-0.4, -0.2) is 59.3 Å². The van der Waals surface area contributed by atoms with Crippen molar-refractivity contribution in [3.05, 3.63) is 60.0 Å². The van der Waals surface area contributed by atoms with Crippen LogP contribution in [0.25, 0.3) is 22.6 Å². The van der Waals surface area contributed by atoms with Gasteiger partial charge >= 0.3 is 0 Å². The van der Waals surface area contributed by atoms with Gasteiger partial charge in [-0.1, -0.05) is 24.3 Å². The zero-order valence-electron chi connectivity index (χ0n) is 19.7. The number of hydrogen-bond donors (Lipinski definition) is 1. The molecule has 0 spiro atoms. The zero-order valence-corrected chi connectivity index (χ0v) is 19.7. The predicted octanol–water partition coefficient (Wildman–Crippen LogP) is 4.09. The van der Waals surface area contributed by atoms with Gasteiger partial charge in [-0.3, -0.25) is 9.69 Å². The number of hydrogen-bond acceptors (Lipinski definition) is 4. The quantitative estimate of drug-likeness (QED) is 0.514. The second-order valence-electron chi connectivity index (χ2n) is 8.95. The van der Waals surface area contributed by atoms with E-state index in [1.54, 1.807) is 16.7 Å². The van der Waals surface area contributed by atoms with Crippen LogP contribution in [0.3, 0.4) is 0 Å². The second-order valence-corrected chi connectivity index (χ2v) is 8.95. The maximum absolute atomic E-state index is 14.0. The average molecular weight is 469 g/mol. The van der Waals surface area contributed by atoms with E-state index < -0.39 is 12.0 Å². The molecule has 0 radical (unpaired) electrons. The van der Waals surface area contributed by atoms with Crippen LogP contribution >= 0.6 is 0 Å². The molecular formula is C26H30F2N4O2. The van der Waals surface area contributed by atoms with Gasteiger partial charge in [0.15, 0.2) is 11.6 Å². The molecule has 34 heavy (non-hydrogen) atoms. The molecule has 1 amide bonds. The molecule has 6 nitrogen and oxygen atoms in total. The normalized spacial score (nSPS) is 14.3. The number of methoxy groups -OCH3 is 1. The van der Waals surface area contributed by atoms with E-state index >= 15 is 0 Å². The summed E-state index contributed by atoms with van der Waals surface area (Å²) < 4.78 is 33.9. The maximum Gasteiger partial charge on any atom is 0.240 e. The van der Waals surface area contributed by atoms with Crippen LogP contribution in [0, 0.1) is 5.82 Å². The summed E-state index contributed by atoms with van der Waals surface area (Å²) in [6.45, 7) is 5.79. The van der Waals surface area contributed by atoms with E-state index in [0.29, 0.717) is 30.2 Å². The fourth-order valence-electron chi connectivity index (χ4n) is 4.05. The lowest BCUT2D eigenvalue weighted by atomic mass is 10.1. The zero-order chi connectivity index (χ0) is 24.2. The maximum atomic E-state index is 14.0. The molecule has 0 unspecified atom stereocenters. The van der Waals surface area contributed by atoms with Gasteiger partial charge in [-0.05, 0) is 44.0 Å². The molecule has 1 aromatic heterocycles. The van der Waals surface area contributed by atoms with E-state index in [2.05, 4.69) is 10.2 Å². The molecule has 1 fully saturated rings. The van der Waals surface area contributed by atoms with E-state index in [1.165, 1.54) is 18.7 Å². The summed E-state index contributed by atoms with van der Waals surface area (Å²) in [6.07, 6.45) is 2.01. The molecule has 2 heterocycles. The Labute approximate surface area is 198 Å². The fraction of sp³-hybridized carbons (Fsp3) is 0.385. The highest BCUT2D eigenvalue weighted by Gasteiger charge is 2.25. The molecule has 0 saturated carbocycles. The highest BCUT2D eigenvalue weighted by atomic mass is 19.1. The van der Waals surface area contributed by atoms with Gasteiger partial charge < -0.3 is 14.6 Å². The number of likely N-dealkylation sites (tertiary alicyclic amines) is 1. The molecule has 0 aliphatic carbocycles. The lowest BCUT2D eigenvalue weighted by Crippen LogP contribution is -2.48. The van der Waals surface area contributed by atoms with Crippen LogP contribution in [0.5, 0.6) is 5.75 Å². The monoisotopic (exact) mass is 468 g/mol. The molecule has 2 aromatic carbocycles. The van der Waals surface area contributed by atoms with Gasteiger partial charge in [0.2, 0.25) is 5.91 Å². The highest BCUT2D eigenvalue weighted by Crippen LogP contribution is 2.29. The van der Waals surface area contributed by atoms with Crippen molar-refractivity contribution in [1.82, 2.24) is 19.8 Å². The van der Waals surface area contributed by atoms with Crippen molar-refractivity contribution in [2.45, 2.75) is 39.0 Å². The highest BCUT2D eigenvalue weighted by molar-refractivity contribution is 5.77. The Bertz CT molecular complexity index is 1140. The SMILES string of the molecule is COc1cc(-c2nc(-c3ccc(CCN4CC(F)C4)cc3)cn2CC(=O)NC(C)C)ccc1F. The number of rotatable bonds is 9. The van der Waals surface area contributed by atoms with Crippen molar-refractivity contribution in [2.75, 3.05) is 26.7 Å². The molecule has 8 heteroatoms. The summed E-state index contributed by atoms with van der Waals surface area (Å²) >= 11 is 0. The minimum atomic E-state index is -0.685. The number of benzene rings is 2. The molecule has 1 aliphatic heterocycles. The van der Waals surface area contributed by atoms with Crippen molar-refractivity contribution in [1.29, 1.82) is 0 Å². The number of ether oxygens (including phenoxy) is 1. The molecule has 4 rings (SSSR count). The third-order valence-corrected chi connectivity index (χ3v) is 5.83. The van der Waals surface area contributed by atoms with Crippen molar-refractivity contribution >= 4 is 5.91 Å². The van der Waals surface area contributed by atoms with Crippen LogP contribution < -0.4 is 10.1 Å². The number of amides is 1. The third-order valence-electron chi connectivity index (χ3n) is 5.83. The lowest BCUT2D eigenvalue weighted by molar-refractivity contribution is -0.122. The summed E-state index contributed by atoms with van der Waals surface area (Å²) in [5.41, 5.74) is 3.45. The summed E-state index contributed by atoms with van der Waals surface area (Å²) in [5.74, 6) is 0.0739. The van der Waals surface area contributed by atoms with E-state index in [1.807, 2.05) is 44.3 Å². The molecule has 0 atom stereocenters. The van der Waals surface area contributed by atoms with Crippen molar-refractivity contribution in [3.8, 4) is 28.4 Å². The summed E-state index contributed by atoms with van der Waals surface area (Å²) in [4.78, 5) is 19.4. The first kappa shape index (κ1) is 23.9. The van der Waals surface area contributed by atoms with Gasteiger partial charge in [0.25, 0.3) is 0 Å². The minimum absolute atomic E-state index is 0.0180. The number of halogens is 2. The van der Waals surface area contributed by atoms with Gasteiger partial charge in [-0.2, -0.15) is 0 Å².